The molecule has 2 aromatic carbocycles. The Morgan fingerprint density at radius 1 is 1.07 bits per heavy atom. The molecule has 1 fully saturated rings. The second-order valence-electron chi connectivity index (χ2n) is 7.91. The van der Waals surface area contributed by atoms with Gasteiger partial charge in [0.05, 0.1) is 4.90 Å². The minimum atomic E-state index is -3.57. The lowest BCUT2D eigenvalue weighted by atomic mass is 10.0. The van der Waals surface area contributed by atoms with Crippen LogP contribution < -0.4 is 5.56 Å². The Morgan fingerprint density at radius 2 is 1.77 bits per heavy atom. The summed E-state index contributed by atoms with van der Waals surface area (Å²) in [4.78, 5) is 15.6. The number of fused-ring (bicyclic) bond motifs is 1. The van der Waals surface area contributed by atoms with Crippen LogP contribution in [0.5, 0.6) is 0 Å². The first-order valence-corrected chi connectivity index (χ1v) is 11.6. The van der Waals surface area contributed by atoms with Crippen molar-refractivity contribution in [1.82, 2.24) is 9.29 Å². The van der Waals surface area contributed by atoms with Gasteiger partial charge in [-0.05, 0) is 66.5 Å². The topological polar surface area (TPSA) is 79.5 Å². The number of aromatic nitrogens is 1. The van der Waals surface area contributed by atoms with E-state index in [0.717, 1.165) is 29.4 Å². The van der Waals surface area contributed by atoms with Crippen LogP contribution in [0.15, 0.2) is 58.2 Å². The fourth-order valence-electron chi connectivity index (χ4n) is 3.97. The molecule has 0 radical (unpaired) electrons. The van der Waals surface area contributed by atoms with Crippen molar-refractivity contribution in [3.8, 4) is 11.3 Å². The molecule has 30 heavy (non-hydrogen) atoms. The maximum absolute atomic E-state index is 13.0. The van der Waals surface area contributed by atoms with E-state index in [2.05, 4.69) is 4.98 Å². The summed E-state index contributed by atoms with van der Waals surface area (Å²) in [7, 11) is -1.94. The zero-order valence-corrected chi connectivity index (χ0v) is 18.0. The van der Waals surface area contributed by atoms with E-state index in [1.807, 2.05) is 25.1 Å². The molecule has 0 atom stereocenters. The van der Waals surface area contributed by atoms with Crippen LogP contribution >= 0.6 is 0 Å². The zero-order chi connectivity index (χ0) is 21.3. The predicted molar refractivity (Wildman–Crippen MR) is 118 cm³/mol. The Kier molecular flexibility index (Phi) is 5.77. The van der Waals surface area contributed by atoms with Crippen molar-refractivity contribution in [3.63, 3.8) is 0 Å². The molecule has 0 saturated carbocycles. The second kappa shape index (κ2) is 8.34. The second-order valence-corrected chi connectivity index (χ2v) is 9.96. The largest absolute Gasteiger partial charge is 0.381 e. The number of ether oxygens (including phenoxy) is 1. The van der Waals surface area contributed by atoms with Gasteiger partial charge in [0, 0.05) is 37.9 Å². The van der Waals surface area contributed by atoms with E-state index in [-0.39, 0.29) is 10.5 Å². The SMILES string of the molecule is Cc1cccc2c(=O)[nH]c(-c3ccc(S(=O)(=O)N(C)CC4CCOCC4)cc3)cc12. The van der Waals surface area contributed by atoms with Crippen LogP contribution in [-0.4, -0.2) is 44.5 Å². The first-order chi connectivity index (χ1) is 14.4. The number of nitrogens with zero attached hydrogens (tertiary/aromatic N) is 1. The molecule has 2 heterocycles. The number of sulfonamides is 1. The number of aromatic amines is 1. The van der Waals surface area contributed by atoms with Crippen molar-refractivity contribution in [2.45, 2.75) is 24.7 Å². The first-order valence-electron chi connectivity index (χ1n) is 10.1. The van der Waals surface area contributed by atoms with E-state index < -0.39 is 10.0 Å². The molecule has 6 nitrogen and oxygen atoms in total. The Morgan fingerprint density at radius 3 is 2.47 bits per heavy atom. The molecule has 4 rings (SSSR count). The van der Waals surface area contributed by atoms with Gasteiger partial charge in [0.15, 0.2) is 0 Å². The third-order valence-corrected chi connectivity index (χ3v) is 7.67. The Balaban J connectivity index is 1.60. The molecular formula is C23H26N2O4S. The van der Waals surface area contributed by atoms with Crippen molar-refractivity contribution in [2.75, 3.05) is 26.8 Å². The summed E-state index contributed by atoms with van der Waals surface area (Å²) in [5, 5.41) is 1.54. The monoisotopic (exact) mass is 426 g/mol. The fraction of sp³-hybridized carbons (Fsp3) is 0.348. The normalized spacial score (nSPS) is 15.7. The quantitative estimate of drug-likeness (QED) is 0.677. The lowest BCUT2D eigenvalue weighted by Crippen LogP contribution is -2.34. The molecule has 0 spiro atoms. The molecular weight excluding hydrogens is 400 g/mol. The highest BCUT2D eigenvalue weighted by Crippen LogP contribution is 2.25. The summed E-state index contributed by atoms with van der Waals surface area (Å²) in [5.74, 6) is 0.323. The molecule has 1 N–H and O–H groups in total. The highest BCUT2D eigenvalue weighted by Gasteiger charge is 2.25. The number of benzene rings is 2. The van der Waals surface area contributed by atoms with Gasteiger partial charge in [0.1, 0.15) is 0 Å². The van der Waals surface area contributed by atoms with Crippen LogP contribution in [-0.2, 0) is 14.8 Å². The molecule has 0 amide bonds. The van der Waals surface area contributed by atoms with Gasteiger partial charge in [-0.15, -0.1) is 0 Å². The summed E-state index contributed by atoms with van der Waals surface area (Å²) in [5.41, 5.74) is 2.30. The van der Waals surface area contributed by atoms with Gasteiger partial charge in [-0.2, -0.15) is 0 Å². The highest BCUT2D eigenvalue weighted by atomic mass is 32.2. The number of hydrogen-bond donors (Lipinski definition) is 1. The van der Waals surface area contributed by atoms with Crippen molar-refractivity contribution < 1.29 is 13.2 Å². The summed E-state index contributed by atoms with van der Waals surface area (Å²) in [6, 6.07) is 14.3. The Bertz CT molecular complexity index is 1210. The van der Waals surface area contributed by atoms with Crippen molar-refractivity contribution in [2.24, 2.45) is 5.92 Å². The van der Waals surface area contributed by atoms with E-state index in [4.69, 9.17) is 4.74 Å². The Hall–Kier alpha value is -2.48. The van der Waals surface area contributed by atoms with Gasteiger partial charge in [-0.1, -0.05) is 24.3 Å². The van der Waals surface area contributed by atoms with Crippen LogP contribution in [0.3, 0.4) is 0 Å². The number of rotatable bonds is 5. The van der Waals surface area contributed by atoms with E-state index in [9.17, 15) is 13.2 Å². The van der Waals surface area contributed by atoms with Crippen LogP contribution in [0.4, 0.5) is 0 Å². The van der Waals surface area contributed by atoms with Gasteiger partial charge in [-0.3, -0.25) is 4.79 Å². The molecule has 1 saturated heterocycles. The predicted octanol–water partition coefficient (Wildman–Crippen LogP) is 3.55. The number of hydrogen-bond acceptors (Lipinski definition) is 4. The highest BCUT2D eigenvalue weighted by molar-refractivity contribution is 7.89. The van der Waals surface area contributed by atoms with Crippen LogP contribution in [0.2, 0.25) is 0 Å². The lowest BCUT2D eigenvalue weighted by Gasteiger charge is -2.26. The molecule has 0 unspecified atom stereocenters. The average Bonchev–Trinajstić information content (AvgIpc) is 2.75. The summed E-state index contributed by atoms with van der Waals surface area (Å²) in [6.45, 7) is 3.84. The maximum Gasteiger partial charge on any atom is 0.256 e. The van der Waals surface area contributed by atoms with Crippen LogP contribution in [0, 0.1) is 12.8 Å². The zero-order valence-electron chi connectivity index (χ0n) is 17.2. The minimum Gasteiger partial charge on any atom is -0.381 e. The summed E-state index contributed by atoms with van der Waals surface area (Å²) < 4.78 is 32.7. The molecule has 1 aromatic heterocycles. The van der Waals surface area contributed by atoms with Crippen LogP contribution in [0.1, 0.15) is 18.4 Å². The smallest absolute Gasteiger partial charge is 0.256 e. The van der Waals surface area contributed by atoms with E-state index in [1.54, 1.807) is 37.4 Å². The average molecular weight is 427 g/mol. The maximum atomic E-state index is 13.0. The summed E-state index contributed by atoms with van der Waals surface area (Å²) >= 11 is 0. The van der Waals surface area contributed by atoms with Crippen molar-refractivity contribution in [1.29, 1.82) is 0 Å². The van der Waals surface area contributed by atoms with Crippen molar-refractivity contribution >= 4 is 20.8 Å². The first kappa shape index (κ1) is 20.8. The molecule has 1 aliphatic rings. The molecule has 3 aromatic rings. The van der Waals surface area contributed by atoms with Gasteiger partial charge < -0.3 is 9.72 Å². The third kappa shape index (κ3) is 4.05. The van der Waals surface area contributed by atoms with E-state index >= 15 is 0 Å². The van der Waals surface area contributed by atoms with Gasteiger partial charge >= 0.3 is 0 Å². The third-order valence-electron chi connectivity index (χ3n) is 5.84. The number of nitrogens with one attached hydrogen (secondary N) is 1. The lowest BCUT2D eigenvalue weighted by molar-refractivity contribution is 0.0620. The molecule has 0 bridgehead atoms. The van der Waals surface area contributed by atoms with Gasteiger partial charge in [-0.25, -0.2) is 12.7 Å². The van der Waals surface area contributed by atoms with Crippen molar-refractivity contribution in [3.05, 3.63) is 64.4 Å². The van der Waals surface area contributed by atoms with Gasteiger partial charge in [0.2, 0.25) is 10.0 Å². The summed E-state index contributed by atoms with van der Waals surface area (Å²) in [6.07, 6.45) is 1.76. The Labute approximate surface area is 176 Å². The number of H-pyrrole nitrogens is 1. The van der Waals surface area contributed by atoms with E-state index in [1.165, 1.54) is 4.31 Å². The molecule has 0 aliphatic carbocycles. The molecule has 1 aliphatic heterocycles. The van der Waals surface area contributed by atoms with Gasteiger partial charge in [0.25, 0.3) is 5.56 Å². The standard InChI is InChI=1S/C23H26N2O4S/c1-16-4-3-5-20-21(16)14-22(24-23(20)26)18-6-8-19(9-7-18)30(27,28)25(2)15-17-10-12-29-13-11-17/h3-9,14,17H,10-13,15H2,1-2H3,(H,24,26). The number of pyridine rings is 1. The molecule has 7 heteroatoms. The molecule has 158 valence electrons. The number of aryl methyl sites for hydroxylation is 1. The van der Waals surface area contributed by atoms with E-state index in [0.29, 0.717) is 36.8 Å². The minimum absolute atomic E-state index is 0.154. The van der Waals surface area contributed by atoms with Crippen LogP contribution in [0.25, 0.3) is 22.0 Å². The fourth-order valence-corrected chi connectivity index (χ4v) is 5.22.